The summed E-state index contributed by atoms with van der Waals surface area (Å²) in [5.74, 6) is 0. The Morgan fingerprint density at radius 3 is 2.93 bits per heavy atom. The van der Waals surface area contributed by atoms with Crippen LogP contribution in [0.2, 0.25) is 0 Å². The number of nitrogens with two attached hydrogens (primary N) is 1. The van der Waals surface area contributed by atoms with Crippen molar-refractivity contribution < 1.29 is 0 Å². The van der Waals surface area contributed by atoms with Gasteiger partial charge < -0.3 is 5.73 Å². The van der Waals surface area contributed by atoms with Crippen LogP contribution in [0.4, 0.5) is 0 Å². The monoisotopic (exact) mass is 205 g/mol. The van der Waals surface area contributed by atoms with E-state index in [2.05, 4.69) is 9.97 Å². The summed E-state index contributed by atoms with van der Waals surface area (Å²) in [4.78, 5) is 8.33. The first-order chi connectivity index (χ1) is 6.77. The van der Waals surface area contributed by atoms with E-state index in [1.54, 1.807) is 23.0 Å². The Balaban J connectivity index is 2.32. The van der Waals surface area contributed by atoms with Gasteiger partial charge in [-0.1, -0.05) is 0 Å². The summed E-state index contributed by atoms with van der Waals surface area (Å²) in [6.07, 6.45) is 1.77. The van der Waals surface area contributed by atoms with Gasteiger partial charge in [0.25, 0.3) is 0 Å². The molecule has 0 aliphatic heterocycles. The molecule has 0 saturated heterocycles. The highest BCUT2D eigenvalue weighted by atomic mass is 32.1. The molecule has 0 bridgehead atoms. The molecule has 0 aliphatic rings. The molecule has 4 heteroatoms. The van der Waals surface area contributed by atoms with Crippen LogP contribution in [-0.4, -0.2) is 9.97 Å². The van der Waals surface area contributed by atoms with Crippen LogP contribution < -0.4 is 5.73 Å². The lowest BCUT2D eigenvalue weighted by Crippen LogP contribution is -2.12. The molecule has 3 nitrogen and oxygen atoms in total. The SMILES string of the molecule is Cc1cc(C(N)c2cscn2)ccn1. The molecule has 1 unspecified atom stereocenters. The molecular weight excluding hydrogens is 194 g/mol. The largest absolute Gasteiger partial charge is 0.319 e. The zero-order valence-corrected chi connectivity index (χ0v) is 8.66. The Morgan fingerprint density at radius 2 is 2.29 bits per heavy atom. The lowest BCUT2D eigenvalue weighted by Gasteiger charge is -2.09. The molecule has 2 aromatic rings. The molecule has 0 saturated carbocycles. The molecule has 0 radical (unpaired) electrons. The van der Waals surface area contributed by atoms with Crippen LogP contribution in [0, 0.1) is 6.92 Å². The maximum atomic E-state index is 6.05. The number of rotatable bonds is 2. The Hall–Kier alpha value is -1.26. The molecule has 1 atom stereocenters. The maximum Gasteiger partial charge on any atom is 0.0795 e. The highest BCUT2D eigenvalue weighted by Crippen LogP contribution is 2.18. The Kier molecular flexibility index (Phi) is 2.56. The summed E-state index contributed by atoms with van der Waals surface area (Å²) in [7, 11) is 0. The average Bonchev–Trinajstić information content (AvgIpc) is 2.69. The van der Waals surface area contributed by atoms with E-state index < -0.39 is 0 Å². The van der Waals surface area contributed by atoms with E-state index in [9.17, 15) is 0 Å². The van der Waals surface area contributed by atoms with Crippen LogP contribution in [-0.2, 0) is 0 Å². The van der Waals surface area contributed by atoms with E-state index in [0.29, 0.717) is 0 Å². The van der Waals surface area contributed by atoms with Crippen molar-refractivity contribution in [3.63, 3.8) is 0 Å². The maximum absolute atomic E-state index is 6.05. The lowest BCUT2D eigenvalue weighted by molar-refractivity contribution is 0.833. The minimum absolute atomic E-state index is 0.136. The number of nitrogens with zero attached hydrogens (tertiary/aromatic N) is 2. The highest BCUT2D eigenvalue weighted by Gasteiger charge is 2.10. The molecule has 0 amide bonds. The fourth-order valence-corrected chi connectivity index (χ4v) is 1.90. The average molecular weight is 205 g/mol. The molecule has 2 aromatic heterocycles. The third-order valence-electron chi connectivity index (χ3n) is 2.05. The van der Waals surface area contributed by atoms with E-state index in [4.69, 9.17) is 5.73 Å². The smallest absolute Gasteiger partial charge is 0.0795 e. The van der Waals surface area contributed by atoms with Crippen LogP contribution in [0.25, 0.3) is 0 Å². The fraction of sp³-hybridized carbons (Fsp3) is 0.200. The predicted octanol–water partition coefficient (Wildman–Crippen LogP) is 1.89. The molecule has 2 rings (SSSR count). The van der Waals surface area contributed by atoms with Crippen molar-refractivity contribution >= 4 is 11.3 Å². The summed E-state index contributed by atoms with van der Waals surface area (Å²) >= 11 is 1.56. The van der Waals surface area contributed by atoms with Crippen molar-refractivity contribution in [3.8, 4) is 0 Å². The topological polar surface area (TPSA) is 51.8 Å². The van der Waals surface area contributed by atoms with Gasteiger partial charge in [0.2, 0.25) is 0 Å². The van der Waals surface area contributed by atoms with E-state index in [1.165, 1.54) is 0 Å². The van der Waals surface area contributed by atoms with Gasteiger partial charge >= 0.3 is 0 Å². The van der Waals surface area contributed by atoms with Crippen LogP contribution in [0.3, 0.4) is 0 Å². The van der Waals surface area contributed by atoms with Crippen molar-refractivity contribution in [1.29, 1.82) is 0 Å². The van der Waals surface area contributed by atoms with Crippen LogP contribution >= 0.6 is 11.3 Å². The standard InChI is InChI=1S/C10H11N3S/c1-7-4-8(2-3-12-7)10(11)9-5-14-6-13-9/h2-6,10H,11H2,1H3. The van der Waals surface area contributed by atoms with E-state index in [0.717, 1.165) is 17.0 Å². The predicted molar refractivity (Wildman–Crippen MR) is 57.1 cm³/mol. The third kappa shape index (κ3) is 1.81. The van der Waals surface area contributed by atoms with E-state index in [-0.39, 0.29) is 6.04 Å². The van der Waals surface area contributed by atoms with Gasteiger partial charge in [0.1, 0.15) is 0 Å². The van der Waals surface area contributed by atoms with Crippen LogP contribution in [0.15, 0.2) is 29.2 Å². The molecular formula is C10H11N3S. The van der Waals surface area contributed by atoms with Gasteiger partial charge in [-0.15, -0.1) is 11.3 Å². The number of hydrogen-bond donors (Lipinski definition) is 1. The van der Waals surface area contributed by atoms with E-state index in [1.807, 2.05) is 24.4 Å². The minimum atomic E-state index is -0.136. The van der Waals surface area contributed by atoms with Crippen molar-refractivity contribution in [3.05, 3.63) is 46.2 Å². The molecule has 0 aliphatic carbocycles. The first-order valence-corrected chi connectivity index (χ1v) is 5.28. The fourth-order valence-electron chi connectivity index (χ4n) is 1.31. The quantitative estimate of drug-likeness (QED) is 0.814. The van der Waals surface area contributed by atoms with Crippen molar-refractivity contribution in [2.75, 3.05) is 0 Å². The van der Waals surface area contributed by atoms with Gasteiger partial charge in [0.15, 0.2) is 0 Å². The minimum Gasteiger partial charge on any atom is -0.319 e. The summed E-state index contributed by atoms with van der Waals surface area (Å²) in [5, 5.41) is 1.97. The number of hydrogen-bond acceptors (Lipinski definition) is 4. The lowest BCUT2D eigenvalue weighted by atomic mass is 10.1. The van der Waals surface area contributed by atoms with Crippen molar-refractivity contribution in [1.82, 2.24) is 9.97 Å². The molecule has 0 fully saturated rings. The van der Waals surface area contributed by atoms with Gasteiger partial charge in [0.05, 0.1) is 17.2 Å². The normalized spacial score (nSPS) is 12.7. The molecule has 0 aromatic carbocycles. The van der Waals surface area contributed by atoms with Crippen LogP contribution in [0.1, 0.15) is 23.0 Å². The second-order valence-corrected chi connectivity index (χ2v) is 3.84. The summed E-state index contributed by atoms with van der Waals surface area (Å²) < 4.78 is 0. The zero-order chi connectivity index (χ0) is 9.97. The Bertz CT molecular complexity index is 411. The van der Waals surface area contributed by atoms with Crippen molar-refractivity contribution in [2.45, 2.75) is 13.0 Å². The first kappa shape index (κ1) is 9.30. The second kappa shape index (κ2) is 3.86. The molecule has 2 N–H and O–H groups in total. The number of pyridine rings is 1. The summed E-state index contributed by atoms with van der Waals surface area (Å²) in [6.45, 7) is 1.96. The third-order valence-corrected chi connectivity index (χ3v) is 2.65. The summed E-state index contributed by atoms with van der Waals surface area (Å²) in [5.41, 5.74) is 10.8. The van der Waals surface area contributed by atoms with Gasteiger partial charge in [0, 0.05) is 17.3 Å². The Labute approximate surface area is 86.6 Å². The number of aryl methyl sites for hydroxylation is 1. The van der Waals surface area contributed by atoms with Crippen LogP contribution in [0.5, 0.6) is 0 Å². The van der Waals surface area contributed by atoms with Gasteiger partial charge in [-0.2, -0.15) is 0 Å². The molecule has 2 heterocycles. The Morgan fingerprint density at radius 1 is 1.43 bits per heavy atom. The van der Waals surface area contributed by atoms with Crippen molar-refractivity contribution in [2.24, 2.45) is 5.73 Å². The molecule has 72 valence electrons. The van der Waals surface area contributed by atoms with Gasteiger partial charge in [-0.25, -0.2) is 4.98 Å². The molecule has 14 heavy (non-hydrogen) atoms. The second-order valence-electron chi connectivity index (χ2n) is 3.12. The van der Waals surface area contributed by atoms with E-state index >= 15 is 0 Å². The molecule has 0 spiro atoms. The van der Waals surface area contributed by atoms with Gasteiger partial charge in [-0.3, -0.25) is 4.98 Å². The highest BCUT2D eigenvalue weighted by molar-refractivity contribution is 7.07. The zero-order valence-electron chi connectivity index (χ0n) is 7.84. The summed E-state index contributed by atoms with van der Waals surface area (Å²) in [6, 6.07) is 3.78. The number of aromatic nitrogens is 2. The van der Waals surface area contributed by atoms with Gasteiger partial charge in [-0.05, 0) is 24.6 Å². The number of thiazole rings is 1. The first-order valence-electron chi connectivity index (χ1n) is 4.33.